The van der Waals surface area contributed by atoms with Gasteiger partial charge in [0.25, 0.3) is 0 Å². The average molecular weight is 421 g/mol. The highest BCUT2D eigenvalue weighted by Gasteiger charge is 2.39. The molecule has 0 spiro atoms. The zero-order chi connectivity index (χ0) is 21.5. The largest absolute Gasteiger partial charge is 0.435 e. The van der Waals surface area contributed by atoms with Gasteiger partial charge >= 0.3 is 6.18 Å². The van der Waals surface area contributed by atoms with Gasteiger partial charge in [-0.2, -0.15) is 23.4 Å². The van der Waals surface area contributed by atoms with Gasteiger partial charge in [-0.1, -0.05) is 18.2 Å². The normalized spacial score (nSPS) is 15.2. The number of hydrogen-bond donors (Lipinski definition) is 1. The van der Waals surface area contributed by atoms with Gasteiger partial charge in [0.1, 0.15) is 11.9 Å². The van der Waals surface area contributed by atoms with Gasteiger partial charge in [-0.25, -0.2) is 4.39 Å². The Bertz CT molecular complexity index is 1070. The average Bonchev–Trinajstić information content (AvgIpc) is 3.27. The number of carbonyl (C=O) groups excluding carboxylic acids is 1. The van der Waals surface area contributed by atoms with Gasteiger partial charge in [-0.15, -0.1) is 0 Å². The van der Waals surface area contributed by atoms with Gasteiger partial charge < -0.3 is 5.32 Å². The van der Waals surface area contributed by atoms with Crippen LogP contribution >= 0.6 is 0 Å². The number of nitrogens with zero attached hydrogens (tertiary/aromatic N) is 4. The van der Waals surface area contributed by atoms with E-state index in [1.807, 2.05) is 0 Å². The zero-order valence-corrected chi connectivity index (χ0v) is 16.0. The number of alkyl halides is 3. The molecule has 1 aliphatic carbocycles. The first-order valence-electron chi connectivity index (χ1n) is 9.45. The first kappa shape index (κ1) is 20.1. The highest BCUT2D eigenvalue weighted by molar-refractivity contribution is 5.93. The van der Waals surface area contributed by atoms with E-state index in [0.717, 1.165) is 23.6 Å². The SMILES string of the molecule is CC(C(=O)Nc1cnn(Cc2ccccc2F)c1)n1nc(C(F)(F)F)cc1C1CC1. The van der Waals surface area contributed by atoms with E-state index >= 15 is 0 Å². The van der Waals surface area contributed by atoms with Crippen LogP contribution in [0.3, 0.4) is 0 Å². The number of amides is 1. The molecule has 1 aliphatic rings. The van der Waals surface area contributed by atoms with E-state index < -0.39 is 23.8 Å². The summed E-state index contributed by atoms with van der Waals surface area (Å²) in [5.41, 5.74) is 0.221. The molecule has 6 nitrogen and oxygen atoms in total. The zero-order valence-electron chi connectivity index (χ0n) is 16.0. The lowest BCUT2D eigenvalue weighted by Gasteiger charge is -2.15. The summed E-state index contributed by atoms with van der Waals surface area (Å²) in [6.45, 7) is 1.68. The van der Waals surface area contributed by atoms with E-state index in [0.29, 0.717) is 16.9 Å². The monoisotopic (exact) mass is 421 g/mol. The topological polar surface area (TPSA) is 64.7 Å². The molecule has 10 heteroatoms. The third-order valence-electron chi connectivity index (χ3n) is 4.99. The standard InChI is InChI=1S/C20H19F4N5O/c1-12(29-17(13-6-7-13)8-18(27-29)20(22,23)24)19(30)26-15-9-25-28(11-15)10-14-4-2-3-5-16(14)21/h2-5,8-9,11-13H,6-7,10H2,1H3,(H,26,30). The Balaban J connectivity index is 1.48. The second-order valence-electron chi connectivity index (χ2n) is 7.35. The van der Waals surface area contributed by atoms with Crippen molar-refractivity contribution in [3.63, 3.8) is 0 Å². The van der Waals surface area contributed by atoms with Crippen LogP contribution in [0.25, 0.3) is 0 Å². The number of nitrogens with one attached hydrogen (secondary N) is 1. The predicted molar refractivity (Wildman–Crippen MR) is 100 cm³/mol. The molecule has 1 amide bonds. The summed E-state index contributed by atoms with van der Waals surface area (Å²) in [4.78, 5) is 12.6. The van der Waals surface area contributed by atoms with Crippen LogP contribution in [0.15, 0.2) is 42.7 Å². The molecule has 1 N–H and O–H groups in total. The number of rotatable bonds is 6. The van der Waals surface area contributed by atoms with Gasteiger partial charge in [-0.05, 0) is 31.9 Å². The molecule has 2 aromatic heterocycles. The summed E-state index contributed by atoms with van der Waals surface area (Å²) < 4.78 is 55.6. The minimum Gasteiger partial charge on any atom is -0.322 e. The summed E-state index contributed by atoms with van der Waals surface area (Å²) in [5.74, 6) is -0.884. The molecule has 0 radical (unpaired) electrons. The van der Waals surface area contributed by atoms with Crippen LogP contribution in [0.1, 0.15) is 48.7 Å². The van der Waals surface area contributed by atoms with Crippen molar-refractivity contribution in [1.29, 1.82) is 0 Å². The van der Waals surface area contributed by atoms with Crippen molar-refractivity contribution in [2.45, 2.75) is 44.4 Å². The van der Waals surface area contributed by atoms with Crippen LogP contribution < -0.4 is 5.32 Å². The fraction of sp³-hybridized carbons (Fsp3) is 0.350. The Kier molecular flexibility index (Phi) is 5.08. The highest BCUT2D eigenvalue weighted by atomic mass is 19.4. The first-order chi connectivity index (χ1) is 14.2. The molecule has 30 heavy (non-hydrogen) atoms. The highest BCUT2D eigenvalue weighted by Crippen LogP contribution is 2.43. The van der Waals surface area contributed by atoms with Crippen LogP contribution in [-0.4, -0.2) is 25.5 Å². The molecule has 1 fully saturated rings. The maximum atomic E-state index is 13.8. The van der Waals surface area contributed by atoms with Crippen molar-refractivity contribution in [1.82, 2.24) is 19.6 Å². The predicted octanol–water partition coefficient (Wildman–Crippen LogP) is 4.36. The molecule has 3 aromatic rings. The Hall–Kier alpha value is -3.17. The molecular weight excluding hydrogens is 402 g/mol. The third kappa shape index (κ3) is 4.22. The quantitative estimate of drug-likeness (QED) is 0.602. The van der Waals surface area contributed by atoms with Crippen LogP contribution in [0, 0.1) is 5.82 Å². The van der Waals surface area contributed by atoms with Gasteiger partial charge in [0.15, 0.2) is 5.69 Å². The first-order valence-corrected chi connectivity index (χ1v) is 9.45. The molecule has 0 saturated heterocycles. The summed E-state index contributed by atoms with van der Waals surface area (Å²) in [7, 11) is 0. The van der Waals surface area contributed by atoms with Crippen LogP contribution in [-0.2, 0) is 17.5 Å². The second-order valence-corrected chi connectivity index (χ2v) is 7.35. The van der Waals surface area contributed by atoms with Crippen molar-refractivity contribution >= 4 is 11.6 Å². The summed E-state index contributed by atoms with van der Waals surface area (Å²) in [6.07, 6.45) is -0.0835. The number of aromatic nitrogens is 4. The van der Waals surface area contributed by atoms with E-state index in [9.17, 15) is 22.4 Å². The van der Waals surface area contributed by atoms with Crippen LogP contribution in [0.2, 0.25) is 0 Å². The molecule has 2 heterocycles. The smallest absolute Gasteiger partial charge is 0.322 e. The van der Waals surface area contributed by atoms with E-state index in [1.165, 1.54) is 30.1 Å². The van der Waals surface area contributed by atoms with Crippen molar-refractivity contribution in [3.05, 3.63) is 65.5 Å². The molecule has 0 aliphatic heterocycles. The second kappa shape index (κ2) is 7.58. The lowest BCUT2D eigenvalue weighted by Crippen LogP contribution is -2.26. The van der Waals surface area contributed by atoms with Crippen molar-refractivity contribution < 1.29 is 22.4 Å². The van der Waals surface area contributed by atoms with E-state index in [2.05, 4.69) is 15.5 Å². The van der Waals surface area contributed by atoms with E-state index in [1.54, 1.807) is 18.2 Å². The molecule has 1 atom stereocenters. The number of carbonyl (C=O) groups is 1. The maximum absolute atomic E-state index is 13.8. The molecule has 4 rings (SSSR count). The molecule has 0 bridgehead atoms. The minimum atomic E-state index is -4.57. The number of anilines is 1. The van der Waals surface area contributed by atoms with Gasteiger partial charge in [0.2, 0.25) is 5.91 Å². The van der Waals surface area contributed by atoms with Gasteiger partial charge in [0.05, 0.1) is 18.4 Å². The van der Waals surface area contributed by atoms with Crippen LogP contribution in [0.5, 0.6) is 0 Å². The molecule has 1 unspecified atom stereocenters. The lowest BCUT2D eigenvalue weighted by atomic mass is 10.2. The van der Waals surface area contributed by atoms with Gasteiger partial charge in [0, 0.05) is 23.4 Å². The Morgan fingerprint density at radius 1 is 1.30 bits per heavy atom. The molecule has 1 saturated carbocycles. The Morgan fingerprint density at radius 3 is 2.70 bits per heavy atom. The number of halogens is 4. The lowest BCUT2D eigenvalue weighted by molar-refractivity contribution is -0.141. The number of hydrogen-bond acceptors (Lipinski definition) is 3. The minimum absolute atomic E-state index is 0.00707. The Morgan fingerprint density at radius 2 is 2.03 bits per heavy atom. The molecule has 158 valence electrons. The summed E-state index contributed by atoms with van der Waals surface area (Å²) >= 11 is 0. The number of benzene rings is 1. The Labute approximate surface area is 169 Å². The molecular formula is C20H19F4N5O. The fourth-order valence-electron chi connectivity index (χ4n) is 3.22. The summed E-state index contributed by atoms with van der Waals surface area (Å²) in [5, 5.41) is 10.4. The fourth-order valence-corrected chi connectivity index (χ4v) is 3.22. The maximum Gasteiger partial charge on any atom is 0.435 e. The summed E-state index contributed by atoms with van der Waals surface area (Å²) in [6, 6.07) is 6.36. The van der Waals surface area contributed by atoms with E-state index in [-0.39, 0.29) is 18.3 Å². The van der Waals surface area contributed by atoms with E-state index in [4.69, 9.17) is 0 Å². The van der Waals surface area contributed by atoms with Crippen LogP contribution in [0.4, 0.5) is 23.2 Å². The third-order valence-corrected chi connectivity index (χ3v) is 4.99. The van der Waals surface area contributed by atoms with Crippen molar-refractivity contribution in [2.24, 2.45) is 0 Å². The van der Waals surface area contributed by atoms with Crippen molar-refractivity contribution in [2.75, 3.05) is 5.32 Å². The van der Waals surface area contributed by atoms with Crippen molar-refractivity contribution in [3.8, 4) is 0 Å². The van der Waals surface area contributed by atoms with Gasteiger partial charge in [-0.3, -0.25) is 14.2 Å². The molecule has 1 aromatic carbocycles.